The Labute approximate surface area is 186 Å². The molecule has 7 heteroatoms. The van der Waals surface area contributed by atoms with Crippen molar-refractivity contribution < 1.29 is 0 Å². The van der Waals surface area contributed by atoms with E-state index in [1.807, 2.05) is 23.7 Å². The highest BCUT2D eigenvalue weighted by atomic mass is 127. The molecule has 1 aromatic heterocycles. The van der Waals surface area contributed by atoms with Gasteiger partial charge in [0.1, 0.15) is 0 Å². The lowest BCUT2D eigenvalue weighted by Crippen LogP contribution is -2.44. The predicted octanol–water partition coefficient (Wildman–Crippen LogP) is 3.55. The lowest BCUT2D eigenvalue weighted by molar-refractivity contribution is 0.428. The molecule has 0 aliphatic heterocycles. The molecule has 0 spiro atoms. The zero-order chi connectivity index (χ0) is 19.9. The van der Waals surface area contributed by atoms with Crippen LogP contribution in [0.15, 0.2) is 35.3 Å². The van der Waals surface area contributed by atoms with E-state index in [2.05, 4.69) is 73.9 Å². The molecular formula is C21H35IN6. The summed E-state index contributed by atoms with van der Waals surface area (Å²) in [5.41, 5.74) is 4.50. The van der Waals surface area contributed by atoms with E-state index < -0.39 is 0 Å². The fourth-order valence-electron chi connectivity index (χ4n) is 2.85. The first-order valence-corrected chi connectivity index (χ1v) is 9.69. The molecule has 0 saturated carbocycles. The summed E-state index contributed by atoms with van der Waals surface area (Å²) in [7, 11) is 0. The second kappa shape index (κ2) is 11.4. The fraction of sp³-hybridized carbons (Fsp3) is 0.524. The van der Waals surface area contributed by atoms with Crippen LogP contribution in [-0.2, 0) is 6.54 Å². The van der Waals surface area contributed by atoms with Gasteiger partial charge in [0, 0.05) is 30.9 Å². The Kier molecular flexibility index (Phi) is 9.95. The van der Waals surface area contributed by atoms with Crippen LogP contribution in [0.2, 0.25) is 0 Å². The molecule has 156 valence electrons. The summed E-state index contributed by atoms with van der Waals surface area (Å²) >= 11 is 0. The van der Waals surface area contributed by atoms with E-state index in [0.29, 0.717) is 6.54 Å². The van der Waals surface area contributed by atoms with Gasteiger partial charge in [-0.15, -0.1) is 24.0 Å². The number of benzene rings is 1. The highest BCUT2D eigenvalue weighted by Gasteiger charge is 2.09. The third kappa shape index (κ3) is 7.79. The molecule has 28 heavy (non-hydrogen) atoms. The van der Waals surface area contributed by atoms with Crippen molar-refractivity contribution in [2.24, 2.45) is 4.99 Å². The number of aliphatic imine (C=N–C) groups is 1. The van der Waals surface area contributed by atoms with Crippen molar-refractivity contribution >= 4 is 29.9 Å². The van der Waals surface area contributed by atoms with Crippen molar-refractivity contribution in [3.63, 3.8) is 0 Å². The number of rotatable bonds is 7. The van der Waals surface area contributed by atoms with Crippen molar-refractivity contribution in [1.82, 2.24) is 25.7 Å². The van der Waals surface area contributed by atoms with Crippen LogP contribution in [0.1, 0.15) is 44.6 Å². The smallest absolute Gasteiger partial charge is 0.191 e. The third-order valence-electron chi connectivity index (χ3n) is 4.05. The van der Waals surface area contributed by atoms with Gasteiger partial charge < -0.3 is 16.0 Å². The maximum absolute atomic E-state index is 4.77. The first-order chi connectivity index (χ1) is 12.8. The van der Waals surface area contributed by atoms with E-state index >= 15 is 0 Å². The molecule has 0 aliphatic carbocycles. The van der Waals surface area contributed by atoms with Gasteiger partial charge in [-0.05, 0) is 59.2 Å². The molecule has 3 N–H and O–H groups in total. The normalized spacial score (nSPS) is 11.9. The van der Waals surface area contributed by atoms with Crippen molar-refractivity contribution in [3.8, 4) is 5.69 Å². The maximum Gasteiger partial charge on any atom is 0.191 e. The third-order valence-corrected chi connectivity index (χ3v) is 4.05. The molecule has 2 aromatic rings. The zero-order valence-corrected chi connectivity index (χ0v) is 20.3. The number of nitrogens with one attached hydrogen (secondary N) is 3. The van der Waals surface area contributed by atoms with E-state index in [-0.39, 0.29) is 29.5 Å². The Morgan fingerprint density at radius 1 is 1.11 bits per heavy atom. The van der Waals surface area contributed by atoms with Crippen LogP contribution in [0.3, 0.4) is 0 Å². The molecule has 0 atom stereocenters. The van der Waals surface area contributed by atoms with Crippen LogP contribution in [0.4, 0.5) is 0 Å². The minimum Gasteiger partial charge on any atom is -0.357 e. The molecule has 6 nitrogen and oxygen atoms in total. The molecule has 2 rings (SSSR count). The van der Waals surface area contributed by atoms with Gasteiger partial charge in [-0.1, -0.05) is 18.2 Å². The van der Waals surface area contributed by atoms with E-state index in [1.165, 1.54) is 0 Å². The summed E-state index contributed by atoms with van der Waals surface area (Å²) in [6, 6.07) is 10.4. The van der Waals surface area contributed by atoms with Gasteiger partial charge in [0.25, 0.3) is 0 Å². The Bertz CT molecular complexity index is 760. The van der Waals surface area contributed by atoms with Crippen LogP contribution in [0, 0.1) is 13.8 Å². The van der Waals surface area contributed by atoms with Crippen molar-refractivity contribution in [1.29, 1.82) is 0 Å². The average molecular weight is 498 g/mol. The largest absolute Gasteiger partial charge is 0.357 e. The number of halogens is 1. The molecule has 0 aliphatic rings. The molecule has 0 unspecified atom stereocenters. The highest BCUT2D eigenvalue weighted by Crippen LogP contribution is 2.17. The Balaban J connectivity index is 0.00000392. The molecule has 0 bridgehead atoms. The predicted molar refractivity (Wildman–Crippen MR) is 129 cm³/mol. The molecule has 0 radical (unpaired) electrons. The van der Waals surface area contributed by atoms with Gasteiger partial charge in [-0.2, -0.15) is 5.10 Å². The van der Waals surface area contributed by atoms with E-state index in [1.54, 1.807) is 0 Å². The van der Waals surface area contributed by atoms with Crippen LogP contribution in [-0.4, -0.2) is 40.9 Å². The monoisotopic (exact) mass is 498 g/mol. The number of nitrogens with zero attached hydrogens (tertiary/aromatic N) is 3. The Hall–Kier alpha value is -1.61. The Morgan fingerprint density at radius 3 is 2.43 bits per heavy atom. The van der Waals surface area contributed by atoms with Gasteiger partial charge in [0.2, 0.25) is 0 Å². The molecule has 0 saturated heterocycles. The van der Waals surface area contributed by atoms with E-state index in [4.69, 9.17) is 4.99 Å². The van der Waals surface area contributed by atoms with Crippen molar-refractivity contribution in [2.75, 3.05) is 19.6 Å². The second-order valence-electron chi connectivity index (χ2n) is 7.77. The summed E-state index contributed by atoms with van der Waals surface area (Å²) in [5, 5.41) is 14.8. The number of para-hydroxylation sites is 1. The van der Waals surface area contributed by atoms with Gasteiger partial charge >= 0.3 is 0 Å². The first-order valence-electron chi connectivity index (χ1n) is 9.69. The molecule has 1 aromatic carbocycles. The molecule has 0 fully saturated rings. The SMILES string of the molecule is CCNC(=NCc1ccccc1-n1nc(C)cc1C)NCCNC(C)(C)C.I. The standard InChI is InChI=1S/C21H34N6.HI/c1-7-22-20(23-12-13-25-21(4,5)6)24-15-18-10-8-9-11-19(18)27-17(3)14-16(2)26-27;/h8-11,14,25H,7,12-13,15H2,1-6H3,(H2,22,23,24);1H. The number of aryl methyl sites for hydroxylation is 2. The summed E-state index contributed by atoms with van der Waals surface area (Å²) < 4.78 is 1.99. The van der Waals surface area contributed by atoms with Gasteiger partial charge in [0.05, 0.1) is 17.9 Å². The molecular weight excluding hydrogens is 463 g/mol. The fourth-order valence-corrected chi connectivity index (χ4v) is 2.85. The minimum absolute atomic E-state index is 0. The van der Waals surface area contributed by atoms with Crippen LogP contribution >= 0.6 is 24.0 Å². The number of guanidine groups is 1. The van der Waals surface area contributed by atoms with Crippen LogP contribution in [0.5, 0.6) is 0 Å². The topological polar surface area (TPSA) is 66.3 Å². The van der Waals surface area contributed by atoms with Crippen molar-refractivity contribution in [2.45, 2.75) is 53.6 Å². The van der Waals surface area contributed by atoms with E-state index in [9.17, 15) is 0 Å². The highest BCUT2D eigenvalue weighted by molar-refractivity contribution is 14.0. The molecule has 0 amide bonds. The first kappa shape index (κ1) is 24.4. The summed E-state index contributed by atoms with van der Waals surface area (Å²) in [6.07, 6.45) is 0. The van der Waals surface area contributed by atoms with Gasteiger partial charge in [-0.3, -0.25) is 0 Å². The number of hydrogen-bond donors (Lipinski definition) is 3. The summed E-state index contributed by atoms with van der Waals surface area (Å²) in [6.45, 7) is 15.8. The lowest BCUT2D eigenvalue weighted by atomic mass is 10.1. The second-order valence-corrected chi connectivity index (χ2v) is 7.77. The van der Waals surface area contributed by atoms with E-state index in [0.717, 1.165) is 48.2 Å². The molecule has 1 heterocycles. The Morgan fingerprint density at radius 2 is 1.82 bits per heavy atom. The zero-order valence-electron chi connectivity index (χ0n) is 18.0. The summed E-state index contributed by atoms with van der Waals surface area (Å²) in [4.78, 5) is 4.77. The average Bonchev–Trinajstić information content (AvgIpc) is 2.94. The minimum atomic E-state index is 0. The van der Waals surface area contributed by atoms with Gasteiger partial charge in [-0.25, -0.2) is 9.67 Å². The maximum atomic E-state index is 4.77. The summed E-state index contributed by atoms with van der Waals surface area (Å²) in [5.74, 6) is 0.830. The van der Waals surface area contributed by atoms with Gasteiger partial charge in [0.15, 0.2) is 5.96 Å². The van der Waals surface area contributed by atoms with Crippen molar-refractivity contribution in [3.05, 3.63) is 47.3 Å². The lowest BCUT2D eigenvalue weighted by Gasteiger charge is -2.21. The quantitative estimate of drug-likeness (QED) is 0.237. The van der Waals surface area contributed by atoms with Crippen LogP contribution in [0.25, 0.3) is 5.69 Å². The number of hydrogen-bond acceptors (Lipinski definition) is 3. The number of aromatic nitrogens is 2. The van der Waals surface area contributed by atoms with Crippen LogP contribution < -0.4 is 16.0 Å².